The monoisotopic (exact) mass is 275 g/mol. The molecule has 0 bridgehead atoms. The Morgan fingerprint density at radius 2 is 1.65 bits per heavy atom. The quantitative estimate of drug-likeness (QED) is 0.651. The lowest BCUT2D eigenvalue weighted by Gasteiger charge is -2.07. The molecule has 1 amide bonds. The van der Waals surface area contributed by atoms with Gasteiger partial charge in [-0.05, 0) is 35.4 Å². The SMILES string of the molecule is O=C(Cc1ccc(OCc2ccc(F)cc2)cc1)NO. The van der Waals surface area contributed by atoms with Gasteiger partial charge in [0, 0.05) is 0 Å². The van der Waals surface area contributed by atoms with Crippen LogP contribution in [0.4, 0.5) is 4.39 Å². The van der Waals surface area contributed by atoms with Gasteiger partial charge in [-0.15, -0.1) is 0 Å². The van der Waals surface area contributed by atoms with Crippen LogP contribution in [0, 0.1) is 5.82 Å². The Hall–Kier alpha value is -2.40. The second kappa shape index (κ2) is 6.68. The summed E-state index contributed by atoms with van der Waals surface area (Å²) >= 11 is 0. The largest absolute Gasteiger partial charge is 0.489 e. The summed E-state index contributed by atoms with van der Waals surface area (Å²) in [5, 5.41) is 8.43. The fourth-order valence-electron chi connectivity index (χ4n) is 1.68. The molecule has 0 unspecified atom stereocenters. The van der Waals surface area contributed by atoms with Gasteiger partial charge >= 0.3 is 0 Å². The Balaban J connectivity index is 1.90. The van der Waals surface area contributed by atoms with Gasteiger partial charge in [-0.25, -0.2) is 9.87 Å². The van der Waals surface area contributed by atoms with Gasteiger partial charge in [0.15, 0.2) is 0 Å². The summed E-state index contributed by atoms with van der Waals surface area (Å²) in [6.07, 6.45) is 0.106. The van der Waals surface area contributed by atoms with Crippen LogP contribution in [0.5, 0.6) is 5.75 Å². The number of benzene rings is 2. The first kappa shape index (κ1) is 14.0. The van der Waals surface area contributed by atoms with Gasteiger partial charge < -0.3 is 4.74 Å². The van der Waals surface area contributed by atoms with Crippen molar-refractivity contribution in [3.63, 3.8) is 0 Å². The molecule has 0 radical (unpaired) electrons. The highest BCUT2D eigenvalue weighted by molar-refractivity contribution is 5.77. The third kappa shape index (κ3) is 4.07. The van der Waals surface area contributed by atoms with Crippen molar-refractivity contribution in [1.29, 1.82) is 0 Å². The number of rotatable bonds is 5. The molecule has 0 saturated heterocycles. The Morgan fingerprint density at radius 1 is 1.05 bits per heavy atom. The van der Waals surface area contributed by atoms with Crippen LogP contribution < -0.4 is 10.2 Å². The number of hydrogen-bond acceptors (Lipinski definition) is 3. The first-order valence-corrected chi connectivity index (χ1v) is 6.06. The first-order valence-electron chi connectivity index (χ1n) is 6.06. The van der Waals surface area contributed by atoms with Crippen molar-refractivity contribution >= 4 is 5.91 Å². The molecule has 0 aliphatic heterocycles. The van der Waals surface area contributed by atoms with E-state index in [4.69, 9.17) is 9.94 Å². The second-order valence-corrected chi connectivity index (χ2v) is 4.27. The van der Waals surface area contributed by atoms with Gasteiger partial charge in [0.2, 0.25) is 5.91 Å². The Labute approximate surface area is 115 Å². The summed E-state index contributed by atoms with van der Waals surface area (Å²) < 4.78 is 18.3. The van der Waals surface area contributed by atoms with Crippen molar-refractivity contribution in [1.82, 2.24) is 5.48 Å². The smallest absolute Gasteiger partial charge is 0.247 e. The average Bonchev–Trinajstić information content (AvgIpc) is 2.48. The number of hydroxylamine groups is 1. The molecule has 20 heavy (non-hydrogen) atoms. The summed E-state index contributed by atoms with van der Waals surface area (Å²) in [7, 11) is 0. The second-order valence-electron chi connectivity index (χ2n) is 4.27. The van der Waals surface area contributed by atoms with Gasteiger partial charge in [-0.2, -0.15) is 0 Å². The fourth-order valence-corrected chi connectivity index (χ4v) is 1.68. The molecular formula is C15H14FNO3. The van der Waals surface area contributed by atoms with Crippen LogP contribution in [-0.2, 0) is 17.8 Å². The number of nitrogens with one attached hydrogen (secondary N) is 1. The van der Waals surface area contributed by atoms with Crippen molar-refractivity contribution < 1.29 is 19.1 Å². The van der Waals surface area contributed by atoms with Crippen molar-refractivity contribution in [2.75, 3.05) is 0 Å². The first-order chi connectivity index (χ1) is 9.67. The molecular weight excluding hydrogens is 261 g/mol. The normalized spacial score (nSPS) is 10.1. The van der Waals surface area contributed by atoms with Gasteiger partial charge in [0.05, 0.1) is 6.42 Å². The molecule has 0 fully saturated rings. The molecule has 0 aromatic heterocycles. The highest BCUT2D eigenvalue weighted by Gasteiger charge is 2.02. The van der Waals surface area contributed by atoms with Crippen LogP contribution in [0.15, 0.2) is 48.5 Å². The maximum atomic E-state index is 12.7. The number of carbonyl (C=O) groups excluding carboxylic acids is 1. The molecule has 0 aliphatic rings. The molecule has 2 N–H and O–H groups in total. The number of halogens is 1. The number of amides is 1. The van der Waals surface area contributed by atoms with Crippen LogP contribution in [0.3, 0.4) is 0 Å². The van der Waals surface area contributed by atoms with Crippen LogP contribution in [0.25, 0.3) is 0 Å². The average molecular weight is 275 g/mol. The molecule has 4 nitrogen and oxygen atoms in total. The lowest BCUT2D eigenvalue weighted by atomic mass is 10.1. The number of carbonyl (C=O) groups is 1. The van der Waals surface area contributed by atoms with E-state index in [0.717, 1.165) is 11.1 Å². The topological polar surface area (TPSA) is 58.6 Å². The summed E-state index contributed by atoms with van der Waals surface area (Å²) in [6, 6.07) is 13.1. The van der Waals surface area contributed by atoms with E-state index in [1.54, 1.807) is 41.9 Å². The predicted octanol–water partition coefficient (Wildman–Crippen LogP) is 2.45. The van der Waals surface area contributed by atoms with E-state index in [-0.39, 0.29) is 12.2 Å². The van der Waals surface area contributed by atoms with Crippen molar-refractivity contribution in [2.45, 2.75) is 13.0 Å². The number of hydrogen-bond donors (Lipinski definition) is 2. The van der Waals surface area contributed by atoms with E-state index in [9.17, 15) is 9.18 Å². The molecule has 2 rings (SSSR count). The Kier molecular flexibility index (Phi) is 4.68. The Morgan fingerprint density at radius 3 is 2.25 bits per heavy atom. The van der Waals surface area contributed by atoms with Crippen LogP contribution in [-0.4, -0.2) is 11.1 Å². The zero-order valence-electron chi connectivity index (χ0n) is 10.7. The Bertz CT molecular complexity index is 567. The third-order valence-electron chi connectivity index (χ3n) is 2.73. The number of ether oxygens (including phenoxy) is 1. The lowest BCUT2D eigenvalue weighted by Crippen LogP contribution is -2.20. The summed E-state index contributed by atoms with van der Waals surface area (Å²) in [6.45, 7) is 0.344. The van der Waals surface area contributed by atoms with E-state index >= 15 is 0 Å². The molecule has 0 atom stereocenters. The summed E-state index contributed by atoms with van der Waals surface area (Å²) in [5.74, 6) is -0.0901. The minimum atomic E-state index is -0.468. The van der Waals surface area contributed by atoms with E-state index in [1.165, 1.54) is 12.1 Å². The van der Waals surface area contributed by atoms with Gasteiger partial charge in [-0.1, -0.05) is 24.3 Å². The van der Waals surface area contributed by atoms with Gasteiger partial charge in [-0.3, -0.25) is 10.0 Å². The van der Waals surface area contributed by atoms with Crippen LogP contribution in [0.2, 0.25) is 0 Å². The van der Waals surface area contributed by atoms with Gasteiger partial charge in [0.25, 0.3) is 0 Å². The van der Waals surface area contributed by atoms with E-state index in [0.29, 0.717) is 12.4 Å². The molecule has 104 valence electrons. The molecule has 0 aliphatic carbocycles. The fraction of sp³-hybridized carbons (Fsp3) is 0.133. The van der Waals surface area contributed by atoms with E-state index in [2.05, 4.69) is 0 Å². The zero-order chi connectivity index (χ0) is 14.4. The van der Waals surface area contributed by atoms with E-state index in [1.807, 2.05) is 0 Å². The third-order valence-corrected chi connectivity index (χ3v) is 2.73. The summed E-state index contributed by atoms with van der Waals surface area (Å²) in [5.41, 5.74) is 3.22. The van der Waals surface area contributed by atoms with Crippen molar-refractivity contribution in [3.8, 4) is 5.75 Å². The lowest BCUT2D eigenvalue weighted by molar-refractivity contribution is -0.128. The molecule has 0 spiro atoms. The highest BCUT2D eigenvalue weighted by Crippen LogP contribution is 2.15. The zero-order valence-corrected chi connectivity index (χ0v) is 10.7. The predicted molar refractivity (Wildman–Crippen MR) is 70.8 cm³/mol. The molecule has 5 heteroatoms. The maximum absolute atomic E-state index is 12.7. The minimum Gasteiger partial charge on any atom is -0.489 e. The highest BCUT2D eigenvalue weighted by atomic mass is 19.1. The van der Waals surface area contributed by atoms with E-state index < -0.39 is 5.91 Å². The maximum Gasteiger partial charge on any atom is 0.247 e. The molecule has 0 saturated carbocycles. The minimum absolute atomic E-state index is 0.106. The van der Waals surface area contributed by atoms with Crippen LogP contribution in [0.1, 0.15) is 11.1 Å². The van der Waals surface area contributed by atoms with Crippen molar-refractivity contribution in [2.24, 2.45) is 0 Å². The standard InChI is InChI=1S/C15H14FNO3/c16-13-5-1-12(2-6-13)10-20-14-7-3-11(4-8-14)9-15(18)17-19/h1-8,19H,9-10H2,(H,17,18). The van der Waals surface area contributed by atoms with Crippen LogP contribution >= 0.6 is 0 Å². The van der Waals surface area contributed by atoms with Crippen molar-refractivity contribution in [3.05, 3.63) is 65.5 Å². The summed E-state index contributed by atoms with van der Waals surface area (Å²) in [4.78, 5) is 11.0. The molecule has 2 aromatic carbocycles. The molecule has 2 aromatic rings. The van der Waals surface area contributed by atoms with Gasteiger partial charge in [0.1, 0.15) is 18.2 Å². The molecule has 0 heterocycles.